The Bertz CT molecular complexity index is 891. The van der Waals surface area contributed by atoms with E-state index in [0.717, 1.165) is 11.3 Å². The number of amides is 1. The van der Waals surface area contributed by atoms with E-state index in [1.165, 1.54) is 37.1 Å². The predicted molar refractivity (Wildman–Crippen MR) is 109 cm³/mol. The third-order valence-corrected chi connectivity index (χ3v) is 5.69. The van der Waals surface area contributed by atoms with Gasteiger partial charge in [-0.1, -0.05) is 31.0 Å². The standard InChI is InChI=1S/C21H23N3OS/c1-14-12-16(15(2)23(14)17-10-6-7-11-17)13-19-20(25)24(21(26)22-19)18-8-4-3-5-9-18/h3-5,8-9,12-13,17H,6-7,10-11H2,1-2H3,(H,22,26)/b19-13-. The number of carbonyl (C=O) groups excluding carboxylic acids is 1. The quantitative estimate of drug-likeness (QED) is 0.644. The summed E-state index contributed by atoms with van der Waals surface area (Å²) in [4.78, 5) is 14.4. The van der Waals surface area contributed by atoms with Crippen LogP contribution in [0, 0.1) is 13.8 Å². The molecule has 4 rings (SSSR count). The first-order chi connectivity index (χ1) is 12.6. The van der Waals surface area contributed by atoms with Crippen LogP contribution >= 0.6 is 12.2 Å². The van der Waals surface area contributed by atoms with Crippen LogP contribution in [-0.4, -0.2) is 15.6 Å². The van der Waals surface area contributed by atoms with Crippen LogP contribution in [0.5, 0.6) is 0 Å². The lowest BCUT2D eigenvalue weighted by Gasteiger charge is -2.17. The van der Waals surface area contributed by atoms with Crippen molar-refractivity contribution in [3.63, 3.8) is 0 Å². The zero-order chi connectivity index (χ0) is 18.3. The number of hydrogen-bond acceptors (Lipinski definition) is 2. The largest absolute Gasteiger partial charge is 0.346 e. The van der Waals surface area contributed by atoms with Crippen molar-refractivity contribution in [2.75, 3.05) is 4.90 Å². The summed E-state index contributed by atoms with van der Waals surface area (Å²) in [5.41, 5.74) is 4.89. The zero-order valence-electron chi connectivity index (χ0n) is 15.2. The number of carbonyl (C=O) groups is 1. The highest BCUT2D eigenvalue weighted by molar-refractivity contribution is 7.80. The molecule has 4 nitrogen and oxygen atoms in total. The molecule has 5 heteroatoms. The van der Waals surface area contributed by atoms with E-state index in [1.807, 2.05) is 36.4 Å². The first-order valence-corrected chi connectivity index (χ1v) is 9.57. The molecule has 2 aliphatic rings. The molecule has 1 amide bonds. The summed E-state index contributed by atoms with van der Waals surface area (Å²) in [7, 11) is 0. The summed E-state index contributed by atoms with van der Waals surface area (Å²) >= 11 is 5.39. The molecule has 1 aromatic carbocycles. The maximum absolute atomic E-state index is 12.9. The van der Waals surface area contributed by atoms with Crippen molar-refractivity contribution in [1.29, 1.82) is 0 Å². The summed E-state index contributed by atoms with van der Waals surface area (Å²) in [6.45, 7) is 4.29. The Hall–Kier alpha value is -2.40. The van der Waals surface area contributed by atoms with Crippen LogP contribution in [-0.2, 0) is 4.79 Å². The molecule has 1 aliphatic heterocycles. The maximum atomic E-state index is 12.9. The van der Waals surface area contributed by atoms with E-state index < -0.39 is 0 Å². The second kappa shape index (κ2) is 6.72. The number of nitrogens with zero attached hydrogens (tertiary/aromatic N) is 2. The van der Waals surface area contributed by atoms with E-state index in [-0.39, 0.29) is 5.91 Å². The van der Waals surface area contributed by atoms with Crippen LogP contribution < -0.4 is 10.2 Å². The van der Waals surface area contributed by atoms with Crippen LogP contribution in [0.25, 0.3) is 6.08 Å². The molecule has 26 heavy (non-hydrogen) atoms. The van der Waals surface area contributed by atoms with Gasteiger partial charge in [0.05, 0.1) is 5.69 Å². The van der Waals surface area contributed by atoms with Gasteiger partial charge in [0.25, 0.3) is 5.91 Å². The summed E-state index contributed by atoms with van der Waals surface area (Å²) in [5.74, 6) is -0.105. The number of para-hydroxylation sites is 1. The minimum absolute atomic E-state index is 0.105. The highest BCUT2D eigenvalue weighted by Crippen LogP contribution is 2.34. The average Bonchev–Trinajstić information content (AvgIpc) is 3.30. The molecule has 0 radical (unpaired) electrons. The highest BCUT2D eigenvalue weighted by atomic mass is 32.1. The number of nitrogens with one attached hydrogen (secondary N) is 1. The Kier molecular flexibility index (Phi) is 4.41. The summed E-state index contributed by atoms with van der Waals surface area (Å²) in [6, 6.07) is 12.3. The number of thiocarbonyl (C=S) groups is 1. The molecule has 0 bridgehead atoms. The van der Waals surface area contributed by atoms with Gasteiger partial charge in [-0.15, -0.1) is 0 Å². The minimum atomic E-state index is -0.105. The van der Waals surface area contributed by atoms with E-state index >= 15 is 0 Å². The Balaban J connectivity index is 1.66. The molecule has 2 heterocycles. The Morgan fingerprint density at radius 1 is 1.15 bits per heavy atom. The van der Waals surface area contributed by atoms with Crippen molar-refractivity contribution < 1.29 is 4.79 Å². The number of benzene rings is 1. The first kappa shape index (κ1) is 17.0. The topological polar surface area (TPSA) is 37.3 Å². The van der Waals surface area contributed by atoms with Crippen LogP contribution in [0.4, 0.5) is 5.69 Å². The number of anilines is 1. The fourth-order valence-corrected chi connectivity index (χ4v) is 4.47. The van der Waals surface area contributed by atoms with Crippen LogP contribution in [0.3, 0.4) is 0 Å². The molecule has 1 N–H and O–H groups in total. The van der Waals surface area contributed by atoms with Crippen molar-refractivity contribution in [2.24, 2.45) is 0 Å². The van der Waals surface area contributed by atoms with Crippen molar-refractivity contribution in [2.45, 2.75) is 45.6 Å². The molecule has 2 aromatic rings. The van der Waals surface area contributed by atoms with Crippen LogP contribution in [0.1, 0.15) is 48.7 Å². The van der Waals surface area contributed by atoms with Crippen LogP contribution in [0.15, 0.2) is 42.1 Å². The molecule has 1 saturated carbocycles. The van der Waals surface area contributed by atoms with Gasteiger partial charge >= 0.3 is 0 Å². The summed E-state index contributed by atoms with van der Waals surface area (Å²) in [5, 5.41) is 3.51. The van der Waals surface area contributed by atoms with E-state index in [0.29, 0.717) is 16.9 Å². The number of aromatic nitrogens is 1. The van der Waals surface area contributed by atoms with Gasteiger partial charge in [-0.3, -0.25) is 9.69 Å². The van der Waals surface area contributed by atoms with E-state index in [9.17, 15) is 4.79 Å². The number of aryl methyl sites for hydroxylation is 1. The van der Waals surface area contributed by atoms with Crippen LogP contribution in [0.2, 0.25) is 0 Å². The van der Waals surface area contributed by atoms with Gasteiger partial charge in [0, 0.05) is 17.4 Å². The average molecular weight is 366 g/mol. The van der Waals surface area contributed by atoms with Crippen molar-refractivity contribution >= 4 is 35.0 Å². The fraction of sp³-hybridized carbons (Fsp3) is 0.333. The van der Waals surface area contributed by atoms with Gasteiger partial charge in [-0.25, -0.2) is 0 Å². The SMILES string of the molecule is Cc1cc(/C=C2\NC(=S)N(c3ccccc3)C2=O)c(C)n1C1CCCC1. The smallest absolute Gasteiger partial charge is 0.281 e. The predicted octanol–water partition coefficient (Wildman–Crippen LogP) is 4.48. The second-order valence-electron chi connectivity index (χ2n) is 7.10. The Labute approximate surface area is 159 Å². The third-order valence-electron chi connectivity index (χ3n) is 5.41. The molecule has 0 spiro atoms. The van der Waals surface area contributed by atoms with Crippen molar-refractivity contribution in [3.05, 3.63) is 59.0 Å². The normalized spacial score (nSPS) is 19.6. The van der Waals surface area contributed by atoms with E-state index in [1.54, 1.807) is 4.90 Å². The molecule has 0 atom stereocenters. The first-order valence-electron chi connectivity index (χ1n) is 9.17. The molecule has 0 unspecified atom stereocenters. The Morgan fingerprint density at radius 3 is 2.54 bits per heavy atom. The molecule has 1 aromatic heterocycles. The zero-order valence-corrected chi connectivity index (χ0v) is 16.0. The van der Waals surface area contributed by atoms with E-state index in [2.05, 4.69) is 29.8 Å². The summed E-state index contributed by atoms with van der Waals surface area (Å²) in [6.07, 6.45) is 7.03. The van der Waals surface area contributed by atoms with Crippen molar-refractivity contribution in [3.8, 4) is 0 Å². The maximum Gasteiger partial charge on any atom is 0.281 e. The monoisotopic (exact) mass is 365 g/mol. The molecule has 134 valence electrons. The third kappa shape index (κ3) is 2.86. The van der Waals surface area contributed by atoms with Gasteiger partial charge < -0.3 is 9.88 Å². The van der Waals surface area contributed by atoms with Gasteiger partial charge in [0.2, 0.25) is 0 Å². The fourth-order valence-electron chi connectivity index (χ4n) is 4.18. The van der Waals surface area contributed by atoms with Gasteiger partial charge in [-0.05, 0) is 68.7 Å². The molecular formula is C21H23N3OS. The number of hydrogen-bond donors (Lipinski definition) is 1. The molecule has 1 aliphatic carbocycles. The molecular weight excluding hydrogens is 342 g/mol. The second-order valence-corrected chi connectivity index (χ2v) is 7.49. The summed E-state index contributed by atoms with van der Waals surface area (Å²) < 4.78 is 2.44. The Morgan fingerprint density at radius 2 is 1.85 bits per heavy atom. The number of rotatable bonds is 3. The van der Waals surface area contributed by atoms with Crippen molar-refractivity contribution in [1.82, 2.24) is 9.88 Å². The molecule has 1 saturated heterocycles. The lowest BCUT2D eigenvalue weighted by Crippen LogP contribution is -2.30. The van der Waals surface area contributed by atoms with Gasteiger partial charge in [-0.2, -0.15) is 0 Å². The minimum Gasteiger partial charge on any atom is -0.346 e. The highest BCUT2D eigenvalue weighted by Gasteiger charge is 2.32. The van der Waals surface area contributed by atoms with Gasteiger partial charge in [0.15, 0.2) is 5.11 Å². The lowest BCUT2D eigenvalue weighted by molar-refractivity contribution is -0.113. The lowest BCUT2D eigenvalue weighted by atomic mass is 10.2. The van der Waals surface area contributed by atoms with E-state index in [4.69, 9.17) is 12.2 Å². The van der Waals surface area contributed by atoms with Gasteiger partial charge in [0.1, 0.15) is 5.70 Å². The molecule has 2 fully saturated rings.